The van der Waals surface area contributed by atoms with Crippen molar-refractivity contribution in [3.63, 3.8) is 0 Å². The monoisotopic (exact) mass is 248 g/mol. The van der Waals surface area contributed by atoms with Crippen LogP contribution < -0.4 is 33.8 Å². The number of hydrogen-bond acceptors (Lipinski definition) is 6. The molecular weight excluding hydrogens is 228 g/mol. The highest BCUT2D eigenvalue weighted by atomic mass is 16.2. The van der Waals surface area contributed by atoms with Gasteiger partial charge in [0.2, 0.25) is 17.7 Å². The van der Waals surface area contributed by atoms with Gasteiger partial charge in [-0.05, 0) is 12.8 Å². The van der Waals surface area contributed by atoms with Crippen molar-refractivity contribution in [3.05, 3.63) is 0 Å². The first-order chi connectivity index (χ1) is 7.97. The van der Waals surface area contributed by atoms with Gasteiger partial charge in [-0.3, -0.25) is 30.7 Å². The maximum Gasteiger partial charge on any atom is 0.233 e. The van der Waals surface area contributed by atoms with Crippen LogP contribution >= 0.6 is 0 Å². The van der Waals surface area contributed by atoms with Crippen molar-refractivity contribution in [2.24, 2.45) is 17.5 Å². The molecule has 0 spiro atoms. The molecule has 0 aromatic carbocycles. The molecule has 0 saturated heterocycles. The summed E-state index contributed by atoms with van der Waals surface area (Å²) in [6.45, 7) is 1.35. The van der Waals surface area contributed by atoms with Crippen LogP contribution in [0.3, 0.4) is 0 Å². The summed E-state index contributed by atoms with van der Waals surface area (Å²) in [5, 5.41) is 0. The highest BCUT2D eigenvalue weighted by Gasteiger charge is 2.00. The summed E-state index contributed by atoms with van der Waals surface area (Å²) >= 11 is 0. The van der Waals surface area contributed by atoms with Crippen molar-refractivity contribution in [3.8, 4) is 0 Å². The summed E-state index contributed by atoms with van der Waals surface area (Å²) in [5.74, 6) is 13.6. The Hall–Kier alpha value is -1.71. The Balaban J connectivity index is 0. The van der Waals surface area contributed by atoms with E-state index in [1.807, 2.05) is 16.3 Å². The quantitative estimate of drug-likeness (QED) is 0.136. The minimum Gasteiger partial charge on any atom is -0.295 e. The maximum absolute atomic E-state index is 10.6. The van der Waals surface area contributed by atoms with Crippen molar-refractivity contribution in [2.45, 2.75) is 32.6 Å². The van der Waals surface area contributed by atoms with Crippen LogP contribution in [0.5, 0.6) is 0 Å². The van der Waals surface area contributed by atoms with Crippen LogP contribution in [-0.4, -0.2) is 17.7 Å². The number of nitrogens with two attached hydrogens (primary N) is 3. The van der Waals surface area contributed by atoms with Gasteiger partial charge in [0.15, 0.2) is 0 Å². The van der Waals surface area contributed by atoms with Gasteiger partial charge in [-0.25, -0.2) is 17.5 Å². The largest absolute Gasteiger partial charge is 0.295 e. The molecule has 100 valence electrons. The molecule has 9 nitrogen and oxygen atoms in total. The second-order valence-corrected chi connectivity index (χ2v) is 3.04. The summed E-state index contributed by atoms with van der Waals surface area (Å²) < 4.78 is 0. The lowest BCUT2D eigenvalue weighted by atomic mass is 10.2. The smallest absolute Gasteiger partial charge is 0.233 e. The summed E-state index contributed by atoms with van der Waals surface area (Å²) in [4.78, 5) is 30.7. The van der Waals surface area contributed by atoms with Crippen LogP contribution in [0.1, 0.15) is 32.6 Å². The highest BCUT2D eigenvalue weighted by molar-refractivity contribution is 5.76. The molecule has 0 aromatic rings. The number of unbranched alkanes of at least 4 members (excludes halogenated alkanes) is 1. The highest BCUT2D eigenvalue weighted by Crippen LogP contribution is 1.98. The molecule has 9 N–H and O–H groups in total. The van der Waals surface area contributed by atoms with Gasteiger partial charge in [0.25, 0.3) is 0 Å². The zero-order valence-electron chi connectivity index (χ0n) is 9.79. The zero-order chi connectivity index (χ0) is 13.7. The lowest BCUT2D eigenvalue weighted by Gasteiger charge is -1.99. The summed E-state index contributed by atoms with van der Waals surface area (Å²) in [7, 11) is 0. The second kappa shape index (κ2) is 12.4. The van der Waals surface area contributed by atoms with E-state index < -0.39 is 0 Å². The molecule has 3 amide bonds. The number of hydrogen-bond donors (Lipinski definition) is 6. The lowest BCUT2D eigenvalue weighted by molar-refractivity contribution is -0.123. The van der Waals surface area contributed by atoms with E-state index in [0.29, 0.717) is 25.7 Å². The second-order valence-electron chi connectivity index (χ2n) is 3.04. The predicted octanol–water partition coefficient (Wildman–Crippen LogP) is -2.48. The normalized spacial score (nSPS) is 8.47. The first kappa shape index (κ1) is 17.7. The molecule has 0 rings (SSSR count). The van der Waals surface area contributed by atoms with Gasteiger partial charge in [-0.1, -0.05) is 0 Å². The van der Waals surface area contributed by atoms with E-state index in [1.165, 1.54) is 6.92 Å². The van der Waals surface area contributed by atoms with Gasteiger partial charge < -0.3 is 0 Å². The third-order valence-electron chi connectivity index (χ3n) is 1.58. The molecular formula is C8H20N6O3. The zero-order valence-corrected chi connectivity index (χ0v) is 9.79. The Morgan fingerprint density at radius 3 is 1.29 bits per heavy atom. The minimum absolute atomic E-state index is 0.218. The number of amides is 3. The summed E-state index contributed by atoms with van der Waals surface area (Å²) in [6.07, 6.45) is 1.95. The van der Waals surface area contributed by atoms with Crippen LogP contribution in [0.25, 0.3) is 0 Å². The molecule has 0 aromatic heterocycles. The Morgan fingerprint density at radius 2 is 1.12 bits per heavy atom. The summed E-state index contributed by atoms with van der Waals surface area (Å²) in [5.41, 5.74) is 5.89. The van der Waals surface area contributed by atoms with Gasteiger partial charge in [-0.2, -0.15) is 0 Å². The Kier molecular flexibility index (Phi) is 12.9. The van der Waals surface area contributed by atoms with E-state index >= 15 is 0 Å². The van der Waals surface area contributed by atoms with E-state index in [0.717, 1.165) is 0 Å². The van der Waals surface area contributed by atoms with Crippen molar-refractivity contribution in [2.75, 3.05) is 0 Å². The first-order valence-electron chi connectivity index (χ1n) is 4.94. The van der Waals surface area contributed by atoms with Gasteiger partial charge in [0.05, 0.1) is 0 Å². The SMILES string of the molecule is CC(=O)NN.NNC(=O)CCCCC(=O)NN. The van der Waals surface area contributed by atoms with Crippen molar-refractivity contribution < 1.29 is 14.4 Å². The van der Waals surface area contributed by atoms with Gasteiger partial charge >= 0.3 is 0 Å². The van der Waals surface area contributed by atoms with Gasteiger partial charge in [0.1, 0.15) is 0 Å². The molecule has 9 heteroatoms. The fraction of sp³-hybridized carbons (Fsp3) is 0.625. The first-order valence-corrected chi connectivity index (χ1v) is 4.94. The minimum atomic E-state index is -0.219. The van der Waals surface area contributed by atoms with Crippen LogP contribution in [-0.2, 0) is 14.4 Å². The molecule has 0 aliphatic rings. The molecule has 17 heavy (non-hydrogen) atoms. The van der Waals surface area contributed by atoms with Crippen LogP contribution in [0.2, 0.25) is 0 Å². The molecule has 0 radical (unpaired) electrons. The predicted molar refractivity (Wildman–Crippen MR) is 61.1 cm³/mol. The van der Waals surface area contributed by atoms with Crippen molar-refractivity contribution >= 4 is 17.7 Å². The Morgan fingerprint density at radius 1 is 0.824 bits per heavy atom. The average Bonchev–Trinajstić information content (AvgIpc) is 2.34. The van der Waals surface area contributed by atoms with E-state index in [1.54, 1.807) is 0 Å². The Labute approximate surface area is 99.4 Å². The fourth-order valence-corrected chi connectivity index (χ4v) is 0.715. The number of rotatable bonds is 5. The number of nitrogens with one attached hydrogen (secondary N) is 3. The molecule has 0 saturated carbocycles. The van der Waals surface area contributed by atoms with Gasteiger partial charge in [0, 0.05) is 19.8 Å². The van der Waals surface area contributed by atoms with E-state index in [9.17, 15) is 14.4 Å². The maximum atomic E-state index is 10.6. The summed E-state index contributed by atoms with van der Waals surface area (Å²) in [6, 6.07) is 0. The number of carbonyl (C=O) groups is 3. The number of hydrazine groups is 3. The van der Waals surface area contributed by atoms with Crippen LogP contribution in [0, 0.1) is 0 Å². The van der Waals surface area contributed by atoms with E-state index in [4.69, 9.17) is 11.7 Å². The van der Waals surface area contributed by atoms with Crippen LogP contribution in [0.15, 0.2) is 0 Å². The topological polar surface area (TPSA) is 165 Å². The number of carbonyl (C=O) groups excluding carboxylic acids is 3. The van der Waals surface area contributed by atoms with E-state index in [-0.39, 0.29) is 17.7 Å². The lowest BCUT2D eigenvalue weighted by Crippen LogP contribution is -2.30. The molecule has 0 aliphatic heterocycles. The Bertz CT molecular complexity index is 227. The van der Waals surface area contributed by atoms with E-state index in [2.05, 4.69) is 5.84 Å². The molecule has 0 unspecified atom stereocenters. The third kappa shape index (κ3) is 16.9. The molecule has 0 aliphatic carbocycles. The third-order valence-corrected chi connectivity index (χ3v) is 1.58. The molecule has 0 bridgehead atoms. The van der Waals surface area contributed by atoms with Crippen molar-refractivity contribution in [1.82, 2.24) is 16.3 Å². The average molecular weight is 248 g/mol. The standard InChI is InChI=1S/C6H14N4O2.C2H6N2O/c7-9-5(11)3-1-2-4-6(12)10-8;1-2(5)4-3/h1-4,7-8H2,(H,9,11)(H,10,12);3H2,1H3,(H,4,5). The molecule has 0 fully saturated rings. The van der Waals surface area contributed by atoms with Crippen molar-refractivity contribution in [1.29, 1.82) is 0 Å². The van der Waals surface area contributed by atoms with Crippen LogP contribution in [0.4, 0.5) is 0 Å². The fourth-order valence-electron chi connectivity index (χ4n) is 0.715. The molecule has 0 heterocycles. The molecule has 0 atom stereocenters. The van der Waals surface area contributed by atoms with Gasteiger partial charge in [-0.15, -0.1) is 0 Å².